The Bertz CT molecular complexity index is 1800. The number of carbonyl (C=O) groups is 3. The molecule has 4 aromatic rings. The van der Waals surface area contributed by atoms with Crippen LogP contribution in [-0.2, 0) is 27.4 Å². The van der Waals surface area contributed by atoms with Crippen LogP contribution in [0.1, 0.15) is 52.2 Å². The summed E-state index contributed by atoms with van der Waals surface area (Å²) in [5.41, 5.74) is 3.72. The van der Waals surface area contributed by atoms with Gasteiger partial charge in [-0.1, -0.05) is 60.7 Å². The Morgan fingerprint density at radius 2 is 1.70 bits per heavy atom. The van der Waals surface area contributed by atoms with Crippen molar-refractivity contribution in [2.45, 2.75) is 42.9 Å². The second-order valence-corrected chi connectivity index (χ2v) is 13.2. The minimum Gasteiger partial charge on any atom is -0.493 e. The third-order valence-corrected chi connectivity index (χ3v) is 9.97. The summed E-state index contributed by atoms with van der Waals surface area (Å²) in [6, 6.07) is 30.0. The number of thioether (sulfide) groups is 1. The molecular weight excluding hydrogens is 653 g/mol. The minimum atomic E-state index is -1.14. The molecule has 1 N–H and O–H groups in total. The molecule has 2 unspecified atom stereocenters. The van der Waals surface area contributed by atoms with Gasteiger partial charge in [0.1, 0.15) is 22.5 Å². The van der Waals surface area contributed by atoms with Crippen molar-refractivity contribution in [2.24, 2.45) is 0 Å². The molecule has 2 amide bonds. The molecule has 2 atom stereocenters. The molecule has 1 aliphatic rings. The maximum Gasteiger partial charge on any atom is 0.337 e. The number of nitrogens with one attached hydrogen (secondary N) is 1. The van der Waals surface area contributed by atoms with E-state index in [4.69, 9.17) is 18.9 Å². The number of allylic oxidation sites excluding steroid dienone is 1. The van der Waals surface area contributed by atoms with E-state index in [1.54, 1.807) is 42.4 Å². The van der Waals surface area contributed by atoms with Gasteiger partial charge in [-0.05, 0) is 78.9 Å². The van der Waals surface area contributed by atoms with Gasteiger partial charge in [0, 0.05) is 12.2 Å². The molecule has 1 fully saturated rings. The number of nitrogens with zero attached hydrogens (tertiary/aromatic N) is 1. The Labute approximate surface area is 297 Å². The molecule has 1 saturated heterocycles. The van der Waals surface area contributed by atoms with Gasteiger partial charge in [0.2, 0.25) is 11.8 Å². The summed E-state index contributed by atoms with van der Waals surface area (Å²) >= 11 is 1.41. The van der Waals surface area contributed by atoms with Crippen LogP contribution < -0.4 is 24.4 Å². The Morgan fingerprint density at radius 3 is 2.40 bits per heavy atom. The fraction of sp³-hybridized carbons (Fsp3) is 0.275. The highest BCUT2D eigenvalue weighted by molar-refractivity contribution is 8.02. The zero-order chi connectivity index (χ0) is 35.5. The van der Waals surface area contributed by atoms with Gasteiger partial charge >= 0.3 is 5.97 Å². The lowest BCUT2D eigenvalue weighted by Gasteiger charge is -2.26. The summed E-state index contributed by atoms with van der Waals surface area (Å²) in [5, 5.41) is 2.51. The Morgan fingerprint density at radius 1 is 0.920 bits per heavy atom. The van der Waals surface area contributed by atoms with E-state index in [1.807, 2.05) is 79.7 Å². The molecule has 0 aliphatic carbocycles. The standard InChI is InChI=1S/C40H42N2O7S/c1-5-22-40(26-36(43)41-23-21-28-15-20-34(46-3)35(24-28)48-6-2)39(45)42(32-14-10-13-31(25-32)38(44)47-4)37(50-40)30-16-18-33(19-17-30)49-27-29-11-8-7-9-12-29/h5,7-20,24-25,37H,1,6,21-23,26-27H2,2-4H3,(H,41,43). The van der Waals surface area contributed by atoms with Crippen molar-refractivity contribution in [3.8, 4) is 17.2 Å². The van der Waals surface area contributed by atoms with Gasteiger partial charge < -0.3 is 24.3 Å². The SMILES string of the molecule is C=CCC1(CC(=O)NCCc2ccc(OC)c(OCC)c2)SC(c2ccc(OCc3ccccc3)cc2)N(c2cccc(C(=O)OC)c2)C1=O. The number of esters is 1. The fourth-order valence-corrected chi connectivity index (χ4v) is 7.52. The van der Waals surface area contributed by atoms with Crippen LogP contribution in [0.25, 0.3) is 0 Å². The van der Waals surface area contributed by atoms with Crippen molar-refractivity contribution in [1.29, 1.82) is 0 Å². The topological polar surface area (TPSA) is 103 Å². The maximum absolute atomic E-state index is 14.6. The highest BCUT2D eigenvalue weighted by Gasteiger charge is 2.53. The second kappa shape index (κ2) is 16.9. The van der Waals surface area contributed by atoms with Crippen LogP contribution in [0.3, 0.4) is 0 Å². The van der Waals surface area contributed by atoms with Gasteiger partial charge in [0.25, 0.3) is 0 Å². The van der Waals surface area contributed by atoms with Crippen LogP contribution >= 0.6 is 11.8 Å². The summed E-state index contributed by atoms with van der Waals surface area (Å²) in [4.78, 5) is 42.2. The van der Waals surface area contributed by atoms with Crippen molar-refractivity contribution >= 4 is 35.2 Å². The van der Waals surface area contributed by atoms with Crippen LogP contribution in [-0.4, -0.2) is 49.9 Å². The molecule has 0 bridgehead atoms. The summed E-state index contributed by atoms with van der Waals surface area (Å²) in [7, 11) is 2.91. The Kier molecular flexibility index (Phi) is 12.2. The Balaban J connectivity index is 1.37. The first-order valence-corrected chi connectivity index (χ1v) is 17.3. The monoisotopic (exact) mass is 694 g/mol. The first kappa shape index (κ1) is 36.1. The normalized spacial score (nSPS) is 16.8. The molecular formula is C40H42N2O7S. The number of ether oxygens (including phenoxy) is 4. The van der Waals surface area contributed by atoms with Crippen molar-refractivity contribution in [2.75, 3.05) is 32.3 Å². The number of hydrogen-bond donors (Lipinski definition) is 1. The van der Waals surface area contributed by atoms with E-state index in [9.17, 15) is 14.4 Å². The summed E-state index contributed by atoms with van der Waals surface area (Å²) in [6.45, 7) is 7.15. The predicted octanol–water partition coefficient (Wildman–Crippen LogP) is 7.30. The molecule has 0 aromatic heterocycles. The molecule has 260 valence electrons. The van der Waals surface area contributed by atoms with Crippen LogP contribution in [0.2, 0.25) is 0 Å². The molecule has 0 spiro atoms. The van der Waals surface area contributed by atoms with Crippen molar-refractivity contribution in [1.82, 2.24) is 5.32 Å². The third kappa shape index (κ3) is 8.49. The van der Waals surface area contributed by atoms with E-state index in [-0.39, 0.29) is 24.7 Å². The van der Waals surface area contributed by atoms with Crippen molar-refractivity contribution in [3.63, 3.8) is 0 Å². The summed E-state index contributed by atoms with van der Waals surface area (Å²) < 4.78 is 20.9. The van der Waals surface area contributed by atoms with E-state index in [1.165, 1.54) is 18.9 Å². The molecule has 1 aliphatic heterocycles. The molecule has 5 rings (SSSR count). The quantitative estimate of drug-likeness (QED) is 0.0963. The molecule has 1 heterocycles. The van der Waals surface area contributed by atoms with Crippen LogP contribution in [0.4, 0.5) is 5.69 Å². The van der Waals surface area contributed by atoms with E-state index in [2.05, 4.69) is 11.9 Å². The molecule has 9 nitrogen and oxygen atoms in total. The van der Waals surface area contributed by atoms with Gasteiger partial charge in [0.15, 0.2) is 11.5 Å². The molecule has 0 radical (unpaired) electrons. The second-order valence-electron chi connectivity index (χ2n) is 11.7. The average Bonchev–Trinajstić information content (AvgIpc) is 3.42. The zero-order valence-electron chi connectivity index (χ0n) is 28.6. The average molecular weight is 695 g/mol. The first-order valence-electron chi connectivity index (χ1n) is 16.4. The fourth-order valence-electron chi connectivity index (χ4n) is 5.85. The number of rotatable bonds is 16. The largest absolute Gasteiger partial charge is 0.493 e. The third-order valence-electron chi connectivity index (χ3n) is 8.32. The van der Waals surface area contributed by atoms with Gasteiger partial charge in [-0.15, -0.1) is 18.3 Å². The van der Waals surface area contributed by atoms with Crippen LogP contribution in [0.15, 0.2) is 110 Å². The zero-order valence-corrected chi connectivity index (χ0v) is 29.4. The number of methoxy groups -OCH3 is 2. The lowest BCUT2D eigenvalue weighted by Crippen LogP contribution is -2.43. The summed E-state index contributed by atoms with van der Waals surface area (Å²) in [5.74, 6) is 0.978. The van der Waals surface area contributed by atoms with E-state index in [0.29, 0.717) is 54.7 Å². The Hall–Kier alpha value is -5.22. The summed E-state index contributed by atoms with van der Waals surface area (Å²) in [6.07, 6.45) is 2.45. The van der Waals surface area contributed by atoms with Gasteiger partial charge in [0.05, 0.1) is 32.8 Å². The van der Waals surface area contributed by atoms with E-state index >= 15 is 0 Å². The first-order chi connectivity index (χ1) is 24.3. The van der Waals surface area contributed by atoms with Crippen molar-refractivity contribution in [3.05, 3.63) is 132 Å². The van der Waals surface area contributed by atoms with Crippen LogP contribution in [0, 0.1) is 0 Å². The minimum absolute atomic E-state index is 0.0582. The smallest absolute Gasteiger partial charge is 0.337 e. The van der Waals surface area contributed by atoms with Gasteiger partial charge in [-0.3, -0.25) is 14.5 Å². The predicted molar refractivity (Wildman–Crippen MR) is 196 cm³/mol. The number of amides is 2. The van der Waals surface area contributed by atoms with Gasteiger partial charge in [-0.25, -0.2) is 4.79 Å². The van der Waals surface area contributed by atoms with Gasteiger partial charge in [-0.2, -0.15) is 0 Å². The highest BCUT2D eigenvalue weighted by Crippen LogP contribution is 2.54. The molecule has 50 heavy (non-hydrogen) atoms. The molecule has 4 aromatic carbocycles. The molecule has 10 heteroatoms. The number of benzene rings is 4. The number of hydrogen-bond acceptors (Lipinski definition) is 8. The van der Waals surface area contributed by atoms with E-state index < -0.39 is 16.1 Å². The van der Waals surface area contributed by atoms with Crippen molar-refractivity contribution < 1.29 is 33.3 Å². The lowest BCUT2D eigenvalue weighted by molar-refractivity contribution is -0.126. The van der Waals surface area contributed by atoms with E-state index in [0.717, 1.165) is 16.7 Å². The number of carbonyl (C=O) groups excluding carboxylic acids is 3. The maximum atomic E-state index is 14.6. The highest BCUT2D eigenvalue weighted by atomic mass is 32.2. The number of anilines is 1. The molecule has 0 saturated carbocycles. The van der Waals surface area contributed by atoms with Crippen LogP contribution in [0.5, 0.6) is 17.2 Å². The lowest BCUT2D eigenvalue weighted by atomic mass is 9.97.